The molecule has 0 bridgehead atoms. The van der Waals surface area contributed by atoms with E-state index in [1.165, 1.54) is 4.68 Å². The Morgan fingerprint density at radius 2 is 1.81 bits per heavy atom. The smallest absolute Gasteiger partial charge is 0.345 e. The third kappa shape index (κ3) is 2.94. The maximum Gasteiger partial charge on any atom is 0.345 e. The van der Waals surface area contributed by atoms with Crippen LogP contribution in [0.25, 0.3) is 0 Å². The molecule has 6 heteroatoms. The van der Waals surface area contributed by atoms with E-state index >= 15 is 0 Å². The molecule has 1 aliphatic rings. The van der Waals surface area contributed by atoms with Crippen LogP contribution in [0.3, 0.4) is 0 Å². The largest absolute Gasteiger partial charge is 0.505 e. The lowest BCUT2D eigenvalue weighted by Crippen LogP contribution is -2.35. The highest BCUT2D eigenvalue weighted by molar-refractivity contribution is 5.90. The molecule has 1 fully saturated rings. The first kappa shape index (κ1) is 15.5. The zero-order chi connectivity index (χ0) is 15.8. The maximum absolute atomic E-state index is 12.4. The van der Waals surface area contributed by atoms with Crippen LogP contribution < -0.4 is 5.56 Å². The number of aromatic hydroxyl groups is 1. The topological polar surface area (TPSA) is 92.4 Å². The van der Waals surface area contributed by atoms with Crippen LogP contribution in [-0.4, -0.2) is 26.0 Å². The molecule has 1 aromatic heterocycles. The molecule has 116 valence electrons. The first-order chi connectivity index (χ1) is 9.73. The maximum atomic E-state index is 12.4. The van der Waals surface area contributed by atoms with E-state index in [2.05, 4.69) is 5.10 Å². The average Bonchev–Trinajstić information content (AvgIpc) is 2.38. The first-order valence-electron chi connectivity index (χ1n) is 7.33. The molecule has 21 heavy (non-hydrogen) atoms. The summed E-state index contributed by atoms with van der Waals surface area (Å²) in [6.07, 6.45) is 4.78. The fourth-order valence-electron chi connectivity index (χ4n) is 2.81. The van der Waals surface area contributed by atoms with E-state index in [1.54, 1.807) is 0 Å². The fourth-order valence-corrected chi connectivity index (χ4v) is 2.81. The lowest BCUT2D eigenvalue weighted by molar-refractivity contribution is 0.0688. The van der Waals surface area contributed by atoms with Crippen molar-refractivity contribution in [1.82, 2.24) is 9.78 Å². The monoisotopic (exact) mass is 294 g/mol. The van der Waals surface area contributed by atoms with E-state index in [0.717, 1.165) is 32.1 Å². The van der Waals surface area contributed by atoms with Crippen molar-refractivity contribution in [3.8, 4) is 5.75 Å². The minimum Gasteiger partial charge on any atom is -0.505 e. The van der Waals surface area contributed by atoms with Crippen LogP contribution in [0.15, 0.2) is 4.79 Å². The second-order valence-corrected chi connectivity index (χ2v) is 6.67. The van der Waals surface area contributed by atoms with Crippen LogP contribution in [0.5, 0.6) is 5.75 Å². The highest BCUT2D eigenvalue weighted by Gasteiger charge is 2.31. The molecule has 0 atom stereocenters. The van der Waals surface area contributed by atoms with Gasteiger partial charge in [-0.15, -0.1) is 0 Å². The molecule has 0 aromatic carbocycles. The van der Waals surface area contributed by atoms with Crippen molar-refractivity contribution in [2.45, 2.75) is 64.3 Å². The van der Waals surface area contributed by atoms with Crippen LogP contribution in [0.4, 0.5) is 0 Å². The molecule has 0 spiro atoms. The standard InChI is InChI=1S/C15H22N2O4/c1-15(2,3)12-11(18)10(14(20)21)13(19)17(16-12)9-7-5-4-6-8-9/h9,18H,4-8H2,1-3H3,(H,20,21). The Hall–Kier alpha value is -1.85. The van der Waals surface area contributed by atoms with Crippen molar-refractivity contribution in [2.75, 3.05) is 0 Å². The van der Waals surface area contributed by atoms with Gasteiger partial charge in [0, 0.05) is 5.41 Å². The van der Waals surface area contributed by atoms with E-state index < -0.39 is 28.3 Å². The molecule has 2 rings (SSSR count). The highest BCUT2D eigenvalue weighted by atomic mass is 16.4. The summed E-state index contributed by atoms with van der Waals surface area (Å²) in [6, 6.07) is -0.0777. The van der Waals surface area contributed by atoms with Crippen LogP contribution in [0, 0.1) is 0 Å². The van der Waals surface area contributed by atoms with Gasteiger partial charge in [0.1, 0.15) is 5.69 Å². The van der Waals surface area contributed by atoms with Crippen LogP contribution in [0.1, 0.15) is 75.0 Å². The van der Waals surface area contributed by atoms with Crippen LogP contribution in [-0.2, 0) is 5.41 Å². The van der Waals surface area contributed by atoms with Crippen molar-refractivity contribution in [1.29, 1.82) is 0 Å². The Kier molecular flexibility index (Phi) is 4.07. The molecule has 2 N–H and O–H groups in total. The van der Waals surface area contributed by atoms with Gasteiger partial charge in [-0.2, -0.15) is 5.10 Å². The number of rotatable bonds is 2. The summed E-state index contributed by atoms with van der Waals surface area (Å²) in [6.45, 7) is 5.49. The molecule has 0 amide bonds. The van der Waals surface area contributed by atoms with Gasteiger partial charge in [0.15, 0.2) is 11.3 Å². The predicted molar refractivity (Wildman–Crippen MR) is 77.9 cm³/mol. The second-order valence-electron chi connectivity index (χ2n) is 6.67. The van der Waals surface area contributed by atoms with Gasteiger partial charge in [0.2, 0.25) is 0 Å². The summed E-state index contributed by atoms with van der Waals surface area (Å²) >= 11 is 0. The molecule has 1 heterocycles. The summed E-state index contributed by atoms with van der Waals surface area (Å²) in [5, 5.41) is 23.7. The lowest BCUT2D eigenvalue weighted by Gasteiger charge is -2.26. The molecule has 1 aliphatic carbocycles. The number of carbonyl (C=O) groups is 1. The van der Waals surface area contributed by atoms with Gasteiger partial charge in [-0.05, 0) is 12.8 Å². The number of hydrogen-bond acceptors (Lipinski definition) is 4. The Bertz CT molecular complexity index is 607. The van der Waals surface area contributed by atoms with Crippen LogP contribution >= 0.6 is 0 Å². The van der Waals surface area contributed by atoms with Crippen molar-refractivity contribution in [2.24, 2.45) is 0 Å². The lowest BCUT2D eigenvalue weighted by atomic mass is 9.90. The van der Waals surface area contributed by atoms with E-state index in [9.17, 15) is 19.8 Å². The molecular formula is C15H22N2O4. The van der Waals surface area contributed by atoms with Crippen LogP contribution in [0.2, 0.25) is 0 Å². The minimum absolute atomic E-state index is 0.0777. The SMILES string of the molecule is CC(C)(C)c1nn(C2CCCCC2)c(=O)c(C(=O)O)c1O. The van der Waals surface area contributed by atoms with Gasteiger partial charge in [-0.3, -0.25) is 4.79 Å². The summed E-state index contributed by atoms with van der Waals surface area (Å²) in [5.74, 6) is -1.91. The third-order valence-electron chi connectivity index (χ3n) is 3.94. The zero-order valence-electron chi connectivity index (χ0n) is 12.7. The van der Waals surface area contributed by atoms with E-state index in [4.69, 9.17) is 0 Å². The quantitative estimate of drug-likeness (QED) is 0.874. The average molecular weight is 294 g/mol. The number of nitrogens with zero attached hydrogens (tertiary/aromatic N) is 2. The number of carboxylic acids is 1. The molecular weight excluding hydrogens is 272 g/mol. The number of carboxylic acid groups (broad SMARTS) is 1. The Labute approximate surface area is 123 Å². The molecule has 0 aliphatic heterocycles. The summed E-state index contributed by atoms with van der Waals surface area (Å²) in [4.78, 5) is 23.7. The molecule has 6 nitrogen and oxygen atoms in total. The van der Waals surface area contributed by atoms with E-state index in [1.807, 2.05) is 20.8 Å². The van der Waals surface area contributed by atoms with E-state index in [0.29, 0.717) is 0 Å². The third-order valence-corrected chi connectivity index (χ3v) is 3.94. The molecule has 0 saturated heterocycles. The Morgan fingerprint density at radius 3 is 2.29 bits per heavy atom. The summed E-state index contributed by atoms with van der Waals surface area (Å²) < 4.78 is 1.28. The van der Waals surface area contributed by atoms with Gasteiger partial charge >= 0.3 is 5.97 Å². The first-order valence-corrected chi connectivity index (χ1v) is 7.33. The van der Waals surface area contributed by atoms with E-state index in [-0.39, 0.29) is 11.7 Å². The van der Waals surface area contributed by atoms with Crippen molar-refractivity contribution >= 4 is 5.97 Å². The van der Waals surface area contributed by atoms with Gasteiger partial charge in [0.25, 0.3) is 5.56 Å². The number of aromatic nitrogens is 2. The molecule has 1 saturated carbocycles. The highest BCUT2D eigenvalue weighted by Crippen LogP contribution is 2.32. The normalized spacial score (nSPS) is 16.9. The Balaban J connectivity index is 2.67. The molecule has 1 aromatic rings. The van der Waals surface area contributed by atoms with Gasteiger partial charge in [0.05, 0.1) is 6.04 Å². The van der Waals surface area contributed by atoms with Crippen molar-refractivity contribution < 1.29 is 15.0 Å². The minimum atomic E-state index is -1.41. The zero-order valence-corrected chi connectivity index (χ0v) is 12.7. The second kappa shape index (κ2) is 5.50. The van der Waals surface area contributed by atoms with Gasteiger partial charge in [-0.25, -0.2) is 9.48 Å². The Morgan fingerprint density at radius 1 is 1.24 bits per heavy atom. The van der Waals surface area contributed by atoms with Gasteiger partial charge < -0.3 is 10.2 Å². The molecule has 0 radical (unpaired) electrons. The summed E-state index contributed by atoms with van der Waals surface area (Å²) in [5.41, 5.74) is -1.57. The van der Waals surface area contributed by atoms with Crippen molar-refractivity contribution in [3.63, 3.8) is 0 Å². The van der Waals surface area contributed by atoms with Gasteiger partial charge in [-0.1, -0.05) is 40.0 Å². The summed E-state index contributed by atoms with van der Waals surface area (Å²) in [7, 11) is 0. The van der Waals surface area contributed by atoms with Crippen molar-refractivity contribution in [3.05, 3.63) is 21.6 Å². The molecule has 0 unspecified atom stereocenters. The number of aromatic carboxylic acids is 1. The fraction of sp³-hybridized carbons (Fsp3) is 0.667. The predicted octanol–water partition coefficient (Wildman–Crippen LogP) is 2.45. The number of hydrogen-bond donors (Lipinski definition) is 2.